The molecule has 3 aliphatic heterocycles. The Morgan fingerprint density at radius 3 is 2.25 bits per heavy atom. The number of rotatable bonds is 7. The van der Waals surface area contributed by atoms with Crippen molar-refractivity contribution in [2.45, 2.75) is 76.4 Å². The Bertz CT molecular complexity index is 1640. The van der Waals surface area contributed by atoms with Gasteiger partial charge in [0.2, 0.25) is 0 Å². The fourth-order valence-corrected chi connectivity index (χ4v) is 8.47. The van der Waals surface area contributed by atoms with E-state index in [9.17, 15) is 18.0 Å². The Labute approximate surface area is 260 Å². The molecule has 4 atom stereocenters. The molecule has 5 rings (SSSR count). The van der Waals surface area contributed by atoms with Crippen molar-refractivity contribution in [1.82, 2.24) is 18.9 Å². The summed E-state index contributed by atoms with van der Waals surface area (Å²) in [4.78, 5) is 30.7. The number of aryl methyl sites for hydroxylation is 1. The van der Waals surface area contributed by atoms with Gasteiger partial charge in [-0.2, -0.15) is 8.42 Å². The predicted molar refractivity (Wildman–Crippen MR) is 170 cm³/mol. The molecule has 2 N–H and O–H groups in total. The smallest absolute Gasteiger partial charge is 0.332 e. The Hall–Kier alpha value is -2.59. The second kappa shape index (κ2) is 11.6. The first kappa shape index (κ1) is 32.8. The molecule has 12 nitrogen and oxygen atoms in total. The number of piperazine rings is 1. The number of benzene rings is 1. The summed E-state index contributed by atoms with van der Waals surface area (Å²) in [7, 11) is -5.41. The number of ether oxygens (including phenoxy) is 1. The summed E-state index contributed by atoms with van der Waals surface area (Å²) in [6.07, 6.45) is -1.64. The van der Waals surface area contributed by atoms with E-state index >= 15 is 0 Å². The summed E-state index contributed by atoms with van der Waals surface area (Å²) < 4.78 is 47.9. The summed E-state index contributed by atoms with van der Waals surface area (Å²) in [5, 5.41) is 0.659. The van der Waals surface area contributed by atoms with Crippen molar-refractivity contribution in [3.05, 3.63) is 79.6 Å². The van der Waals surface area contributed by atoms with Crippen molar-refractivity contribution in [2.24, 2.45) is 12.8 Å². The van der Waals surface area contributed by atoms with Crippen LogP contribution in [0.1, 0.15) is 38.1 Å². The van der Waals surface area contributed by atoms with Gasteiger partial charge in [0.25, 0.3) is 15.7 Å². The molecule has 4 heterocycles. The van der Waals surface area contributed by atoms with Crippen molar-refractivity contribution in [3.63, 3.8) is 0 Å². The third-order valence-corrected chi connectivity index (χ3v) is 15.1. The van der Waals surface area contributed by atoms with Gasteiger partial charge in [0, 0.05) is 58.1 Å². The van der Waals surface area contributed by atoms with E-state index in [1.165, 1.54) is 23.4 Å². The molecule has 0 aliphatic carbocycles. The highest BCUT2D eigenvalue weighted by atomic mass is 32.2. The van der Waals surface area contributed by atoms with E-state index in [4.69, 9.17) is 19.1 Å². The van der Waals surface area contributed by atoms with Crippen LogP contribution in [0, 0.1) is 6.92 Å². The van der Waals surface area contributed by atoms with E-state index in [-0.39, 0.29) is 10.7 Å². The minimum absolute atomic E-state index is 0.0222. The fourth-order valence-electron chi connectivity index (χ4n) is 5.96. The second-order valence-corrected chi connectivity index (χ2v) is 19.8. The van der Waals surface area contributed by atoms with Crippen LogP contribution in [0.3, 0.4) is 0 Å². The van der Waals surface area contributed by atoms with Crippen LogP contribution in [0.5, 0.6) is 0 Å². The first-order chi connectivity index (χ1) is 20.4. The molecule has 0 radical (unpaired) electrons. The Morgan fingerprint density at radius 1 is 1.07 bits per heavy atom. The number of hydrogen-bond acceptors (Lipinski definition) is 10. The maximum atomic E-state index is 13.5. The van der Waals surface area contributed by atoms with Crippen LogP contribution in [0.15, 0.2) is 57.2 Å². The van der Waals surface area contributed by atoms with Gasteiger partial charge in [-0.25, -0.2) is 8.98 Å². The van der Waals surface area contributed by atoms with Crippen molar-refractivity contribution >= 4 is 18.4 Å². The molecule has 2 aromatic rings. The maximum Gasteiger partial charge on any atom is 0.332 e. The lowest BCUT2D eigenvalue weighted by molar-refractivity contribution is -0.0548. The maximum absolute atomic E-state index is 13.5. The minimum Gasteiger partial charge on any atom is -0.406 e. The number of hydrogen-bond donors (Lipinski definition) is 1. The van der Waals surface area contributed by atoms with Crippen LogP contribution in [0.25, 0.3) is 0 Å². The predicted octanol–water partition coefficient (Wildman–Crippen LogP) is 1.86. The molecule has 1 spiro atoms. The van der Waals surface area contributed by atoms with Crippen LogP contribution in [-0.2, 0) is 37.1 Å². The summed E-state index contributed by atoms with van der Waals surface area (Å²) in [6, 6.07) is 10.3. The molecule has 14 heteroatoms. The van der Waals surface area contributed by atoms with Gasteiger partial charge in [-0.1, -0.05) is 51.1 Å². The minimum atomic E-state index is -4.17. The first-order valence-electron chi connectivity index (χ1n) is 15.0. The van der Waals surface area contributed by atoms with E-state index in [0.717, 1.165) is 42.7 Å². The van der Waals surface area contributed by atoms with Crippen molar-refractivity contribution in [2.75, 3.05) is 32.7 Å². The summed E-state index contributed by atoms with van der Waals surface area (Å²) in [6.45, 7) is 16.1. The Morgan fingerprint density at radius 2 is 1.68 bits per heavy atom. The molecule has 0 unspecified atom stereocenters. The highest BCUT2D eigenvalue weighted by Gasteiger charge is 2.67. The summed E-state index contributed by atoms with van der Waals surface area (Å²) in [5.41, 5.74) is 5.39. The lowest BCUT2D eigenvalue weighted by atomic mass is 9.88. The Kier molecular flexibility index (Phi) is 8.68. The molecule has 3 aliphatic rings. The van der Waals surface area contributed by atoms with Crippen molar-refractivity contribution < 1.29 is 21.8 Å². The van der Waals surface area contributed by atoms with Gasteiger partial charge in [0.15, 0.2) is 20.1 Å². The van der Waals surface area contributed by atoms with E-state index < -0.39 is 53.7 Å². The zero-order chi connectivity index (χ0) is 32.2. The van der Waals surface area contributed by atoms with Crippen molar-refractivity contribution in [1.29, 1.82) is 0 Å². The van der Waals surface area contributed by atoms with Crippen molar-refractivity contribution in [3.8, 4) is 0 Å². The zero-order valence-corrected chi connectivity index (χ0v) is 28.5. The van der Waals surface area contributed by atoms with Crippen LogP contribution in [0.4, 0.5) is 0 Å². The van der Waals surface area contributed by atoms with E-state index in [1.54, 1.807) is 6.92 Å². The molecule has 2 saturated heterocycles. The molecule has 0 saturated carbocycles. The molecule has 2 fully saturated rings. The molecule has 0 bridgehead atoms. The standard InChI is InChI=1S/C30H45N5O7SSi/c1-21-17-35(28(37)32(5)26(21)36)27-25(41-44(6,7)29(2,3)4)30(23(31)20-43(38,39)42-30)24(40-27)19-34-15-13-33(14-16-34)18-22-11-9-8-10-12-22/h8-12,17,20,24-25,27H,13-16,18-19,31H2,1-7H3/t24-,25+,27-,30-/m1/s1. The van der Waals surface area contributed by atoms with E-state index in [2.05, 4.69) is 42.7 Å². The Balaban J connectivity index is 1.52. The lowest BCUT2D eigenvalue weighted by Gasteiger charge is -2.44. The number of nitrogens with zero attached hydrogens (tertiary/aromatic N) is 4. The molecule has 1 aromatic heterocycles. The average Bonchev–Trinajstić information content (AvgIpc) is 3.36. The molecule has 242 valence electrons. The van der Waals surface area contributed by atoms with Gasteiger partial charge in [-0.15, -0.1) is 0 Å². The van der Waals surface area contributed by atoms with Gasteiger partial charge >= 0.3 is 5.69 Å². The van der Waals surface area contributed by atoms with Crippen LogP contribution < -0.4 is 17.0 Å². The first-order valence-corrected chi connectivity index (χ1v) is 19.4. The summed E-state index contributed by atoms with van der Waals surface area (Å²) in [5.74, 6) is 0. The molecular weight excluding hydrogens is 603 g/mol. The monoisotopic (exact) mass is 647 g/mol. The molecular formula is C30H45N5O7SSi. The average molecular weight is 648 g/mol. The lowest BCUT2D eigenvalue weighted by Crippen LogP contribution is -2.60. The zero-order valence-electron chi connectivity index (χ0n) is 26.6. The SMILES string of the molecule is Cc1cn([C@@H]2O[C@H](CN3CCN(Cc4ccccc4)CC3)[C@@]3(OS(=O)(=O)C=C3N)[C@H]2O[Si](C)(C)C(C)(C)C)c(=O)n(C)c1=O. The van der Waals surface area contributed by atoms with Gasteiger partial charge in [-0.3, -0.25) is 23.7 Å². The third-order valence-electron chi connectivity index (χ3n) is 9.56. The normalized spacial score (nSPS) is 28.1. The van der Waals surface area contributed by atoms with Gasteiger partial charge < -0.3 is 14.9 Å². The van der Waals surface area contributed by atoms with Crippen LogP contribution >= 0.6 is 0 Å². The third kappa shape index (κ3) is 6.00. The fraction of sp³-hybridized carbons (Fsp3) is 0.600. The summed E-state index contributed by atoms with van der Waals surface area (Å²) >= 11 is 0. The number of aromatic nitrogens is 2. The quantitative estimate of drug-likeness (QED) is 0.350. The van der Waals surface area contributed by atoms with Gasteiger partial charge in [0.05, 0.1) is 11.1 Å². The van der Waals surface area contributed by atoms with Gasteiger partial charge in [-0.05, 0) is 30.6 Å². The second-order valence-electron chi connectivity index (χ2n) is 13.7. The topological polar surface area (TPSA) is 138 Å². The highest BCUT2D eigenvalue weighted by molar-refractivity contribution is 7.90. The highest BCUT2D eigenvalue weighted by Crippen LogP contribution is 2.51. The van der Waals surface area contributed by atoms with Crippen LogP contribution in [0.2, 0.25) is 18.1 Å². The molecule has 44 heavy (non-hydrogen) atoms. The largest absolute Gasteiger partial charge is 0.406 e. The van der Waals surface area contributed by atoms with Crippen LogP contribution in [-0.4, -0.2) is 86.2 Å². The van der Waals surface area contributed by atoms with E-state index in [1.807, 2.05) is 31.3 Å². The number of nitrogens with two attached hydrogens (primary N) is 1. The molecule has 1 aromatic carbocycles. The van der Waals surface area contributed by atoms with E-state index in [0.29, 0.717) is 12.1 Å². The van der Waals surface area contributed by atoms with Gasteiger partial charge in [0.1, 0.15) is 12.2 Å². The molecule has 0 amide bonds.